The first-order chi connectivity index (χ1) is 13.7. The third-order valence-electron chi connectivity index (χ3n) is 5.49. The summed E-state index contributed by atoms with van der Waals surface area (Å²) in [6, 6.07) is 15.0. The highest BCUT2D eigenvalue weighted by atomic mass is 32.2. The van der Waals surface area contributed by atoms with Crippen molar-refractivity contribution in [1.82, 2.24) is 19.8 Å². The molecule has 1 unspecified atom stereocenters. The monoisotopic (exact) mass is 386 g/mol. The molecule has 0 saturated carbocycles. The van der Waals surface area contributed by atoms with E-state index in [1.54, 1.807) is 12.4 Å². The van der Waals surface area contributed by atoms with Crippen LogP contribution >= 0.6 is 11.8 Å². The van der Waals surface area contributed by atoms with Gasteiger partial charge in [-0.25, -0.2) is 0 Å². The fourth-order valence-electron chi connectivity index (χ4n) is 3.96. The summed E-state index contributed by atoms with van der Waals surface area (Å²) < 4.78 is 0. The summed E-state index contributed by atoms with van der Waals surface area (Å²) in [5, 5.41) is 0. The summed E-state index contributed by atoms with van der Waals surface area (Å²) in [6.07, 6.45) is 6.79. The van der Waals surface area contributed by atoms with Crippen LogP contribution in [0.2, 0.25) is 0 Å². The third-order valence-corrected chi connectivity index (χ3v) is 6.94. The van der Waals surface area contributed by atoms with Gasteiger partial charge in [-0.1, -0.05) is 48.7 Å². The Hall–Kier alpha value is -2.63. The molecule has 140 valence electrons. The Morgan fingerprint density at radius 1 is 1.07 bits per heavy atom. The molecule has 3 aromatic rings. The maximum absolute atomic E-state index is 4.43. The third kappa shape index (κ3) is 3.11. The molecule has 0 spiro atoms. The van der Waals surface area contributed by atoms with Gasteiger partial charge in [0.15, 0.2) is 0 Å². The second kappa shape index (κ2) is 7.08. The van der Waals surface area contributed by atoms with E-state index in [2.05, 4.69) is 76.0 Å². The van der Waals surface area contributed by atoms with Gasteiger partial charge in [0.1, 0.15) is 5.50 Å². The Balaban J connectivity index is 1.35. The predicted molar refractivity (Wildman–Crippen MR) is 116 cm³/mol. The minimum atomic E-state index is 0.306. The first-order valence-corrected chi connectivity index (χ1v) is 10.4. The van der Waals surface area contributed by atoms with Crippen LogP contribution in [-0.2, 0) is 13.0 Å². The minimum absolute atomic E-state index is 0.306. The lowest BCUT2D eigenvalue weighted by Gasteiger charge is -2.36. The molecule has 2 aliphatic heterocycles. The van der Waals surface area contributed by atoms with E-state index < -0.39 is 0 Å². The van der Waals surface area contributed by atoms with Gasteiger partial charge < -0.3 is 4.90 Å². The topological polar surface area (TPSA) is 32.3 Å². The van der Waals surface area contributed by atoms with Crippen molar-refractivity contribution in [3.63, 3.8) is 0 Å². The van der Waals surface area contributed by atoms with Crippen LogP contribution in [0.1, 0.15) is 16.7 Å². The molecule has 0 bridgehead atoms. The highest BCUT2D eigenvalue weighted by Crippen LogP contribution is 2.42. The lowest BCUT2D eigenvalue weighted by molar-refractivity contribution is 0.151. The molecule has 3 heterocycles. The Kier molecular flexibility index (Phi) is 4.41. The maximum atomic E-state index is 4.43. The maximum Gasteiger partial charge on any atom is 0.135 e. The molecule has 0 fully saturated rings. The molecule has 0 aliphatic carbocycles. The number of nitrogens with zero attached hydrogens (tertiary/aromatic N) is 4. The smallest absolute Gasteiger partial charge is 0.135 e. The number of aromatic nitrogens is 2. The average Bonchev–Trinajstić information content (AvgIpc) is 3.14. The van der Waals surface area contributed by atoms with Crippen LogP contribution in [0.5, 0.6) is 0 Å². The highest BCUT2D eigenvalue weighted by Gasteiger charge is 2.31. The first kappa shape index (κ1) is 17.5. The summed E-state index contributed by atoms with van der Waals surface area (Å²) in [5.74, 6) is 0. The molecule has 5 heteroatoms. The van der Waals surface area contributed by atoms with E-state index in [1.165, 1.54) is 16.0 Å². The number of fused-ring (bicyclic) bond motifs is 2. The Morgan fingerprint density at radius 3 is 2.71 bits per heavy atom. The van der Waals surface area contributed by atoms with Crippen molar-refractivity contribution in [1.29, 1.82) is 0 Å². The van der Waals surface area contributed by atoms with Crippen molar-refractivity contribution >= 4 is 28.4 Å². The lowest BCUT2D eigenvalue weighted by Crippen LogP contribution is -2.43. The van der Waals surface area contributed by atoms with Gasteiger partial charge >= 0.3 is 0 Å². The van der Waals surface area contributed by atoms with Gasteiger partial charge in [-0.15, -0.1) is 0 Å². The van der Waals surface area contributed by atoms with Crippen LogP contribution in [-0.4, -0.2) is 38.9 Å². The zero-order valence-corrected chi connectivity index (χ0v) is 16.7. The SMILES string of the molecule is C=C(C1=CN(C)C(N2CCc3ccccc3C2)S1)c1ccc2nccnc2c1. The van der Waals surface area contributed by atoms with E-state index in [0.29, 0.717) is 5.50 Å². The molecule has 0 saturated heterocycles. The standard InChI is InChI=1S/C23H22N4S/c1-16(18-7-8-20-21(13-18)25-11-10-24-20)22-15-26(2)23(28-22)27-12-9-17-5-3-4-6-19(17)14-27/h3-8,10-11,13,15,23H,1,9,12,14H2,2H3. The van der Waals surface area contributed by atoms with E-state index in [0.717, 1.165) is 41.7 Å². The predicted octanol–water partition coefficient (Wildman–Crippen LogP) is 4.50. The van der Waals surface area contributed by atoms with E-state index in [-0.39, 0.29) is 0 Å². The largest absolute Gasteiger partial charge is 0.355 e. The summed E-state index contributed by atoms with van der Waals surface area (Å²) in [5.41, 5.74) is 7.20. The number of allylic oxidation sites excluding steroid dienone is 1. The minimum Gasteiger partial charge on any atom is -0.355 e. The van der Waals surface area contributed by atoms with Crippen molar-refractivity contribution < 1.29 is 0 Å². The molecular formula is C23H22N4S. The molecule has 0 N–H and O–H groups in total. The molecule has 4 nitrogen and oxygen atoms in total. The quantitative estimate of drug-likeness (QED) is 0.661. The molecule has 1 aromatic heterocycles. The first-order valence-electron chi connectivity index (χ1n) is 9.51. The highest BCUT2D eigenvalue weighted by molar-refractivity contribution is 8.04. The number of hydrogen-bond donors (Lipinski definition) is 0. The zero-order valence-electron chi connectivity index (χ0n) is 15.9. The fourth-order valence-corrected chi connectivity index (χ4v) is 5.23. The normalized spacial score (nSPS) is 19.5. The van der Waals surface area contributed by atoms with Gasteiger partial charge in [0, 0.05) is 43.6 Å². The second-order valence-electron chi connectivity index (χ2n) is 7.33. The number of rotatable bonds is 3. The van der Waals surface area contributed by atoms with Crippen LogP contribution in [0.15, 0.2) is 72.5 Å². The van der Waals surface area contributed by atoms with E-state index >= 15 is 0 Å². The molecule has 1 atom stereocenters. The van der Waals surface area contributed by atoms with Crippen molar-refractivity contribution in [3.05, 3.63) is 89.2 Å². The Labute approximate surface area is 169 Å². The van der Waals surface area contributed by atoms with Crippen LogP contribution in [0.3, 0.4) is 0 Å². The second-order valence-corrected chi connectivity index (χ2v) is 8.43. The summed E-state index contributed by atoms with van der Waals surface area (Å²) in [7, 11) is 2.16. The summed E-state index contributed by atoms with van der Waals surface area (Å²) in [4.78, 5) is 14.9. The van der Waals surface area contributed by atoms with Gasteiger partial charge in [-0.05, 0) is 40.8 Å². The van der Waals surface area contributed by atoms with Crippen molar-refractivity contribution in [2.75, 3.05) is 13.6 Å². The number of benzene rings is 2. The number of hydrogen-bond acceptors (Lipinski definition) is 5. The van der Waals surface area contributed by atoms with Gasteiger partial charge in [0.25, 0.3) is 0 Å². The van der Waals surface area contributed by atoms with E-state index in [4.69, 9.17) is 0 Å². The molecule has 0 radical (unpaired) electrons. The molecular weight excluding hydrogens is 364 g/mol. The Morgan fingerprint density at radius 2 is 1.86 bits per heavy atom. The lowest BCUT2D eigenvalue weighted by atomic mass is 10.0. The molecule has 28 heavy (non-hydrogen) atoms. The van der Waals surface area contributed by atoms with E-state index in [1.807, 2.05) is 17.8 Å². The zero-order chi connectivity index (χ0) is 19.1. The van der Waals surface area contributed by atoms with Crippen molar-refractivity contribution in [3.8, 4) is 0 Å². The van der Waals surface area contributed by atoms with Crippen molar-refractivity contribution in [2.24, 2.45) is 0 Å². The molecule has 2 aromatic carbocycles. The molecule has 0 amide bonds. The van der Waals surface area contributed by atoms with Gasteiger partial charge in [0.05, 0.1) is 11.0 Å². The van der Waals surface area contributed by atoms with Crippen LogP contribution in [0.4, 0.5) is 0 Å². The fraction of sp³-hybridized carbons (Fsp3) is 0.217. The molecule has 5 rings (SSSR count). The van der Waals surface area contributed by atoms with Gasteiger partial charge in [-0.3, -0.25) is 14.9 Å². The van der Waals surface area contributed by atoms with Crippen LogP contribution < -0.4 is 0 Å². The molecule has 2 aliphatic rings. The Bertz CT molecular complexity index is 1090. The van der Waals surface area contributed by atoms with Gasteiger partial charge in [0.2, 0.25) is 0 Å². The summed E-state index contributed by atoms with van der Waals surface area (Å²) in [6.45, 7) is 6.46. The number of thioether (sulfide) groups is 1. The van der Waals surface area contributed by atoms with E-state index in [9.17, 15) is 0 Å². The average molecular weight is 387 g/mol. The van der Waals surface area contributed by atoms with Crippen LogP contribution in [0.25, 0.3) is 16.6 Å². The summed E-state index contributed by atoms with van der Waals surface area (Å²) >= 11 is 1.89. The van der Waals surface area contributed by atoms with Crippen LogP contribution in [0, 0.1) is 0 Å². The van der Waals surface area contributed by atoms with Crippen molar-refractivity contribution in [2.45, 2.75) is 18.5 Å². The van der Waals surface area contributed by atoms with Gasteiger partial charge in [-0.2, -0.15) is 0 Å².